The second-order valence-corrected chi connectivity index (χ2v) is 6.49. The SMILES string of the molecule is [2H]c1c([2H])c2c(c([2H])c1OC)[C@]13CCCCC1[C@@H](N(C)CC3)C2([2H])[2H]. The minimum atomic E-state index is -1.73. The van der Waals surface area contributed by atoms with Crippen molar-refractivity contribution in [2.24, 2.45) is 5.92 Å². The van der Waals surface area contributed by atoms with Crippen LogP contribution in [0.25, 0.3) is 0 Å². The van der Waals surface area contributed by atoms with Gasteiger partial charge in [0.2, 0.25) is 0 Å². The molecule has 4 rings (SSSR count). The van der Waals surface area contributed by atoms with E-state index < -0.39 is 6.37 Å². The highest BCUT2D eigenvalue weighted by Crippen LogP contribution is 2.55. The number of hydrogen-bond acceptors (Lipinski definition) is 2. The van der Waals surface area contributed by atoms with Crippen LogP contribution in [0.2, 0.25) is 0 Å². The van der Waals surface area contributed by atoms with Crippen LogP contribution in [0.4, 0.5) is 0 Å². The molecule has 2 fully saturated rings. The van der Waals surface area contributed by atoms with Crippen LogP contribution < -0.4 is 4.74 Å². The highest BCUT2D eigenvalue weighted by atomic mass is 16.5. The average molecular weight is 276 g/mol. The predicted molar refractivity (Wildman–Crippen MR) is 81.4 cm³/mol. The van der Waals surface area contributed by atoms with Gasteiger partial charge in [-0.2, -0.15) is 0 Å². The van der Waals surface area contributed by atoms with Gasteiger partial charge in [-0.3, -0.25) is 0 Å². The van der Waals surface area contributed by atoms with Crippen molar-refractivity contribution in [3.05, 3.63) is 29.3 Å². The highest BCUT2D eigenvalue weighted by molar-refractivity contribution is 5.45. The first-order chi connectivity index (χ1) is 11.8. The molecule has 0 spiro atoms. The predicted octanol–water partition coefficient (Wildman–Crippen LogP) is 3.38. The van der Waals surface area contributed by atoms with E-state index in [1.807, 2.05) is 7.05 Å². The second-order valence-electron chi connectivity index (χ2n) is 6.49. The molecule has 3 atom stereocenters. The van der Waals surface area contributed by atoms with E-state index in [0.29, 0.717) is 5.56 Å². The third kappa shape index (κ3) is 1.60. The van der Waals surface area contributed by atoms with Crippen LogP contribution in [0.15, 0.2) is 18.1 Å². The van der Waals surface area contributed by atoms with E-state index in [1.54, 1.807) is 0 Å². The Hall–Kier alpha value is -1.02. The average Bonchev–Trinajstić information content (AvgIpc) is 2.57. The number of likely N-dealkylation sites (tertiary alicyclic amines) is 1. The maximum atomic E-state index is 8.90. The molecule has 1 saturated carbocycles. The lowest BCUT2D eigenvalue weighted by Gasteiger charge is -2.58. The fraction of sp³-hybridized carbons (Fsp3) is 0.667. The van der Waals surface area contributed by atoms with Crippen molar-refractivity contribution in [1.82, 2.24) is 4.90 Å². The van der Waals surface area contributed by atoms with Crippen molar-refractivity contribution in [2.45, 2.75) is 49.9 Å². The third-order valence-corrected chi connectivity index (χ3v) is 5.65. The summed E-state index contributed by atoms with van der Waals surface area (Å²) in [5.74, 6) is 0.280. The zero-order chi connectivity index (χ0) is 18.1. The molecule has 0 amide bonds. The van der Waals surface area contributed by atoms with Gasteiger partial charge >= 0.3 is 0 Å². The third-order valence-electron chi connectivity index (χ3n) is 5.65. The Balaban J connectivity index is 2.12. The number of methoxy groups -OCH3 is 1. The molecule has 0 aromatic heterocycles. The summed E-state index contributed by atoms with van der Waals surface area (Å²) in [5.41, 5.74) is 0.701. The van der Waals surface area contributed by atoms with Gasteiger partial charge in [0, 0.05) is 14.2 Å². The molecule has 0 radical (unpaired) electrons. The molecule has 0 N–H and O–H groups in total. The molecule has 3 aliphatic rings. The lowest BCUT2D eigenvalue weighted by molar-refractivity contribution is 0.00274. The van der Waals surface area contributed by atoms with Crippen molar-refractivity contribution in [3.63, 3.8) is 0 Å². The Morgan fingerprint density at radius 2 is 2.30 bits per heavy atom. The maximum absolute atomic E-state index is 8.90. The van der Waals surface area contributed by atoms with E-state index in [-0.39, 0.29) is 46.8 Å². The summed E-state index contributed by atoms with van der Waals surface area (Å²) in [6.07, 6.45) is 3.23. The number of hydrogen-bond donors (Lipinski definition) is 0. The van der Waals surface area contributed by atoms with E-state index in [9.17, 15) is 0 Å². The van der Waals surface area contributed by atoms with Gasteiger partial charge in [0.05, 0.1) is 11.2 Å². The molecule has 2 bridgehead atoms. The van der Waals surface area contributed by atoms with Crippen molar-refractivity contribution in [2.75, 3.05) is 20.7 Å². The fourth-order valence-corrected chi connectivity index (χ4v) is 4.63. The van der Waals surface area contributed by atoms with E-state index >= 15 is 0 Å². The Labute approximate surface area is 129 Å². The molecule has 2 heteroatoms. The largest absolute Gasteiger partial charge is 0.497 e. The van der Waals surface area contributed by atoms with Gasteiger partial charge < -0.3 is 9.64 Å². The van der Waals surface area contributed by atoms with E-state index in [0.717, 1.165) is 38.6 Å². The Bertz CT molecular complexity index is 737. The monoisotopic (exact) mass is 276 g/mol. The van der Waals surface area contributed by atoms with Crippen molar-refractivity contribution >= 4 is 0 Å². The zero-order valence-corrected chi connectivity index (χ0v) is 12.3. The Morgan fingerprint density at radius 3 is 3.15 bits per heavy atom. The first-order valence-corrected chi connectivity index (χ1v) is 7.66. The molecule has 2 aliphatic carbocycles. The molecule has 1 aromatic rings. The van der Waals surface area contributed by atoms with Crippen LogP contribution in [-0.4, -0.2) is 31.6 Å². The smallest absolute Gasteiger partial charge is 0.119 e. The number of nitrogens with zero attached hydrogens (tertiary/aromatic N) is 1. The number of piperidine rings is 1. The maximum Gasteiger partial charge on any atom is 0.119 e. The van der Waals surface area contributed by atoms with E-state index in [1.165, 1.54) is 7.11 Å². The summed E-state index contributed by atoms with van der Waals surface area (Å²) < 4.78 is 48.6. The van der Waals surface area contributed by atoms with Gasteiger partial charge in [0.25, 0.3) is 0 Å². The molecule has 1 heterocycles. The molecule has 2 nitrogen and oxygen atoms in total. The summed E-state index contributed by atoms with van der Waals surface area (Å²) in [6, 6.07) is -0.416. The summed E-state index contributed by atoms with van der Waals surface area (Å²) in [5, 5.41) is 0. The zero-order valence-electron chi connectivity index (χ0n) is 17.3. The lowest BCUT2D eigenvalue weighted by Crippen LogP contribution is -2.59. The Kier molecular flexibility index (Phi) is 1.89. The topological polar surface area (TPSA) is 12.5 Å². The first-order valence-electron chi connectivity index (χ1n) is 10.2. The molecule has 1 aromatic carbocycles. The van der Waals surface area contributed by atoms with Crippen LogP contribution in [0.5, 0.6) is 5.75 Å². The number of ether oxygens (including phenoxy) is 1. The van der Waals surface area contributed by atoms with Crippen LogP contribution in [0, 0.1) is 5.92 Å². The van der Waals surface area contributed by atoms with Crippen molar-refractivity contribution in [3.8, 4) is 5.75 Å². The fourth-order valence-electron chi connectivity index (χ4n) is 4.63. The minimum absolute atomic E-state index is 0.100. The van der Waals surface area contributed by atoms with E-state index in [2.05, 4.69) is 4.90 Å². The molecule has 1 unspecified atom stereocenters. The van der Waals surface area contributed by atoms with Crippen LogP contribution in [0.3, 0.4) is 0 Å². The molecular formula is C18H25NO. The standard InChI is InChI=1S/C18H25NO/c1-19-10-9-18-8-4-3-5-15(18)17(19)11-13-6-7-14(20-2)12-16(13)18/h6-7,12,15,17H,3-5,8-11H2,1-2H3/t15?,17-,18-/m0/s1/i6D,7D,11D2,12D. The summed E-state index contributed by atoms with van der Waals surface area (Å²) in [7, 11) is 3.41. The Morgan fingerprint density at radius 1 is 1.40 bits per heavy atom. The molecule has 20 heavy (non-hydrogen) atoms. The van der Waals surface area contributed by atoms with Crippen LogP contribution >= 0.6 is 0 Å². The van der Waals surface area contributed by atoms with Crippen molar-refractivity contribution < 1.29 is 11.6 Å². The van der Waals surface area contributed by atoms with Gasteiger partial charge in [0.15, 0.2) is 0 Å². The minimum Gasteiger partial charge on any atom is -0.497 e. The van der Waals surface area contributed by atoms with Crippen molar-refractivity contribution in [1.29, 1.82) is 0 Å². The van der Waals surface area contributed by atoms with Gasteiger partial charge in [-0.1, -0.05) is 18.9 Å². The van der Waals surface area contributed by atoms with Gasteiger partial charge in [0.1, 0.15) is 5.75 Å². The lowest BCUT2D eigenvalue weighted by atomic mass is 9.52. The van der Waals surface area contributed by atoms with Gasteiger partial charge in [-0.15, -0.1) is 0 Å². The second kappa shape index (κ2) is 4.49. The van der Waals surface area contributed by atoms with E-state index in [4.69, 9.17) is 11.6 Å². The molecule has 1 saturated heterocycles. The quantitative estimate of drug-likeness (QED) is 0.779. The van der Waals surface area contributed by atoms with Gasteiger partial charge in [-0.05, 0) is 68.4 Å². The molecule has 1 aliphatic heterocycles. The number of fused-ring (bicyclic) bond motifs is 1. The van der Waals surface area contributed by atoms with Gasteiger partial charge in [-0.25, -0.2) is 0 Å². The molecule has 108 valence electrons. The van der Waals surface area contributed by atoms with Crippen LogP contribution in [-0.2, 0) is 11.8 Å². The summed E-state index contributed by atoms with van der Waals surface area (Å²) in [4.78, 5) is 2.11. The normalized spacial score (nSPS) is 42.2. The highest BCUT2D eigenvalue weighted by Gasteiger charge is 2.53. The number of rotatable bonds is 1. The number of likely N-dealkylation sites (N-methyl/N-ethyl adjacent to an activating group) is 1. The number of benzene rings is 1. The van der Waals surface area contributed by atoms with Crippen LogP contribution in [0.1, 0.15) is 50.1 Å². The summed E-state index contributed by atoms with van der Waals surface area (Å²) in [6.45, 7) is 0.803. The first kappa shape index (κ1) is 8.43. The summed E-state index contributed by atoms with van der Waals surface area (Å²) >= 11 is 0. The molecular weight excluding hydrogens is 246 g/mol.